The number of aromatic hydroxyl groups is 1. The van der Waals surface area contributed by atoms with E-state index < -0.39 is 0 Å². The van der Waals surface area contributed by atoms with Gasteiger partial charge in [0.05, 0.1) is 18.5 Å². The molecule has 5 nitrogen and oxygen atoms in total. The van der Waals surface area contributed by atoms with Crippen molar-refractivity contribution < 1.29 is 9.84 Å². The summed E-state index contributed by atoms with van der Waals surface area (Å²) in [7, 11) is 1.66. The number of rotatable bonds is 3. The maximum atomic E-state index is 10.0. The van der Waals surface area contributed by atoms with Crippen LogP contribution in [0.3, 0.4) is 0 Å². The second-order valence-electron chi connectivity index (χ2n) is 6.10. The Morgan fingerprint density at radius 3 is 2.52 bits per heavy atom. The number of methoxy groups -OCH3 is 1. The maximum absolute atomic E-state index is 10.0. The number of ether oxygens (including phenoxy) is 1. The first-order chi connectivity index (χ1) is 12.1. The number of hydrogen-bond donors (Lipinski definition) is 2. The van der Waals surface area contributed by atoms with E-state index in [9.17, 15) is 5.11 Å². The fraction of sp³-hybridized carbons (Fsp3) is 0.316. The lowest BCUT2D eigenvalue weighted by molar-refractivity contribution is 0.386. The summed E-state index contributed by atoms with van der Waals surface area (Å²) in [5, 5.41) is 14.0. The normalized spacial score (nSPS) is 14.3. The van der Waals surface area contributed by atoms with Crippen LogP contribution in [0.5, 0.6) is 11.5 Å². The van der Waals surface area contributed by atoms with Crippen molar-refractivity contribution in [2.75, 3.05) is 43.5 Å². The van der Waals surface area contributed by atoms with Gasteiger partial charge in [-0.15, -0.1) is 0 Å². The third-order valence-corrected chi connectivity index (χ3v) is 4.75. The van der Waals surface area contributed by atoms with Crippen LogP contribution < -0.4 is 15.0 Å². The van der Waals surface area contributed by atoms with Crippen LogP contribution in [-0.4, -0.2) is 48.4 Å². The summed E-state index contributed by atoms with van der Waals surface area (Å²) in [5.41, 5.74) is 2.91. The minimum absolute atomic E-state index is 0.321. The molecule has 1 heterocycles. The molecule has 1 aliphatic rings. The van der Waals surface area contributed by atoms with Gasteiger partial charge in [0.2, 0.25) is 0 Å². The third kappa shape index (κ3) is 3.96. The predicted octanol–water partition coefficient (Wildman–Crippen LogP) is 3.23. The number of thiocarbonyl (C=S) groups is 1. The monoisotopic (exact) mass is 357 g/mol. The van der Waals surface area contributed by atoms with E-state index >= 15 is 0 Å². The summed E-state index contributed by atoms with van der Waals surface area (Å²) >= 11 is 5.58. The molecule has 3 rings (SSSR count). The van der Waals surface area contributed by atoms with Crippen LogP contribution in [0.15, 0.2) is 42.5 Å². The minimum Gasteiger partial charge on any atom is -0.506 e. The lowest BCUT2D eigenvalue weighted by atomic mass is 10.2. The van der Waals surface area contributed by atoms with Crippen molar-refractivity contribution in [3.8, 4) is 11.5 Å². The van der Waals surface area contributed by atoms with E-state index in [2.05, 4.69) is 15.1 Å². The lowest BCUT2D eigenvalue weighted by Gasteiger charge is -2.37. The molecule has 1 aliphatic heterocycles. The number of piperazine rings is 1. The molecule has 0 atom stereocenters. The van der Waals surface area contributed by atoms with Crippen LogP contribution in [0.4, 0.5) is 11.4 Å². The lowest BCUT2D eigenvalue weighted by Crippen LogP contribution is -2.50. The van der Waals surface area contributed by atoms with Gasteiger partial charge >= 0.3 is 0 Å². The summed E-state index contributed by atoms with van der Waals surface area (Å²) in [6, 6.07) is 13.4. The molecule has 0 unspecified atom stereocenters. The largest absolute Gasteiger partial charge is 0.506 e. The molecule has 1 fully saturated rings. The summed E-state index contributed by atoms with van der Waals surface area (Å²) in [6.45, 7) is 5.26. The Bertz CT molecular complexity index is 758. The number of nitrogens with one attached hydrogen (secondary N) is 1. The van der Waals surface area contributed by atoms with E-state index in [1.54, 1.807) is 13.2 Å². The van der Waals surface area contributed by atoms with E-state index in [4.69, 9.17) is 17.0 Å². The average Bonchev–Trinajstić information content (AvgIpc) is 2.62. The summed E-state index contributed by atoms with van der Waals surface area (Å²) < 4.78 is 5.40. The number of anilines is 2. The Morgan fingerprint density at radius 1 is 1.12 bits per heavy atom. The van der Waals surface area contributed by atoms with Crippen LogP contribution in [0, 0.1) is 6.92 Å². The van der Waals surface area contributed by atoms with Gasteiger partial charge in [0.25, 0.3) is 0 Å². The molecule has 132 valence electrons. The van der Waals surface area contributed by atoms with Crippen molar-refractivity contribution in [3.63, 3.8) is 0 Å². The van der Waals surface area contributed by atoms with E-state index in [0.29, 0.717) is 10.9 Å². The Morgan fingerprint density at radius 2 is 1.84 bits per heavy atom. The molecule has 0 saturated carbocycles. The van der Waals surface area contributed by atoms with Gasteiger partial charge in [0.1, 0.15) is 11.5 Å². The molecular weight excluding hydrogens is 334 g/mol. The van der Waals surface area contributed by atoms with Crippen LogP contribution in [0.25, 0.3) is 0 Å². The highest BCUT2D eigenvalue weighted by Gasteiger charge is 2.21. The van der Waals surface area contributed by atoms with Crippen LogP contribution in [0.1, 0.15) is 5.56 Å². The van der Waals surface area contributed by atoms with Crippen LogP contribution >= 0.6 is 12.2 Å². The highest BCUT2D eigenvalue weighted by Crippen LogP contribution is 2.28. The Balaban J connectivity index is 1.62. The van der Waals surface area contributed by atoms with Gasteiger partial charge in [-0.25, -0.2) is 0 Å². The Hall–Kier alpha value is -2.47. The molecule has 0 spiro atoms. The molecule has 0 radical (unpaired) electrons. The Kier molecular flexibility index (Phi) is 5.28. The van der Waals surface area contributed by atoms with Crippen molar-refractivity contribution >= 4 is 28.7 Å². The fourth-order valence-electron chi connectivity index (χ4n) is 3.00. The zero-order valence-corrected chi connectivity index (χ0v) is 15.3. The molecule has 0 amide bonds. The first-order valence-corrected chi connectivity index (χ1v) is 8.73. The van der Waals surface area contributed by atoms with Gasteiger partial charge in [-0.3, -0.25) is 0 Å². The predicted molar refractivity (Wildman–Crippen MR) is 106 cm³/mol. The molecule has 2 aromatic carbocycles. The maximum Gasteiger partial charge on any atom is 0.173 e. The van der Waals surface area contributed by atoms with Crippen LogP contribution in [0.2, 0.25) is 0 Å². The van der Waals surface area contributed by atoms with E-state index in [0.717, 1.165) is 48.9 Å². The molecule has 2 N–H and O–H groups in total. The first kappa shape index (κ1) is 17.4. The number of phenols is 1. The first-order valence-electron chi connectivity index (χ1n) is 8.32. The second-order valence-corrected chi connectivity index (χ2v) is 6.48. The minimum atomic E-state index is 0.321. The van der Waals surface area contributed by atoms with Crippen molar-refractivity contribution in [1.82, 2.24) is 4.90 Å². The zero-order chi connectivity index (χ0) is 17.8. The van der Waals surface area contributed by atoms with E-state index in [1.807, 2.05) is 43.3 Å². The molecular formula is C19H23N3O2S. The van der Waals surface area contributed by atoms with Gasteiger partial charge in [-0.2, -0.15) is 0 Å². The number of phenolic OH excluding ortho intramolecular Hbond substituents is 1. The highest BCUT2D eigenvalue weighted by atomic mass is 32.1. The van der Waals surface area contributed by atoms with Gasteiger partial charge in [-0.1, -0.05) is 18.2 Å². The average molecular weight is 357 g/mol. The number of benzene rings is 2. The fourth-order valence-corrected chi connectivity index (χ4v) is 3.29. The van der Waals surface area contributed by atoms with Gasteiger partial charge in [-0.05, 0) is 49.0 Å². The smallest absolute Gasteiger partial charge is 0.173 e. The molecule has 25 heavy (non-hydrogen) atoms. The molecule has 0 aliphatic carbocycles. The number of nitrogens with zero attached hydrogens (tertiary/aromatic N) is 2. The zero-order valence-electron chi connectivity index (χ0n) is 14.5. The van der Waals surface area contributed by atoms with Gasteiger partial charge in [0.15, 0.2) is 5.11 Å². The van der Waals surface area contributed by atoms with Crippen molar-refractivity contribution in [3.05, 3.63) is 48.0 Å². The number of aryl methyl sites for hydroxylation is 1. The quantitative estimate of drug-likeness (QED) is 0.823. The summed E-state index contributed by atoms with van der Waals surface area (Å²) in [4.78, 5) is 4.33. The van der Waals surface area contributed by atoms with E-state index in [-0.39, 0.29) is 0 Å². The van der Waals surface area contributed by atoms with Gasteiger partial charge in [0, 0.05) is 26.2 Å². The Labute approximate surface area is 153 Å². The molecule has 6 heteroatoms. The number of hydrogen-bond acceptors (Lipinski definition) is 4. The third-order valence-electron chi connectivity index (χ3n) is 4.39. The van der Waals surface area contributed by atoms with E-state index in [1.165, 1.54) is 0 Å². The summed E-state index contributed by atoms with van der Waals surface area (Å²) in [6.07, 6.45) is 0. The molecule has 1 saturated heterocycles. The summed E-state index contributed by atoms with van der Waals surface area (Å²) in [5.74, 6) is 1.10. The van der Waals surface area contributed by atoms with Crippen molar-refractivity contribution in [2.45, 2.75) is 6.92 Å². The SMILES string of the molecule is COc1ccc(C)cc1NC(=S)N1CCN(c2ccccc2O)CC1. The van der Waals surface area contributed by atoms with Crippen LogP contribution in [-0.2, 0) is 0 Å². The van der Waals surface area contributed by atoms with Crippen molar-refractivity contribution in [1.29, 1.82) is 0 Å². The second kappa shape index (κ2) is 7.61. The van der Waals surface area contributed by atoms with Gasteiger partial charge < -0.3 is 25.0 Å². The number of para-hydroxylation sites is 2. The topological polar surface area (TPSA) is 48.0 Å². The van der Waals surface area contributed by atoms with Crippen molar-refractivity contribution in [2.24, 2.45) is 0 Å². The standard InChI is InChI=1S/C19H23N3O2S/c1-14-7-8-18(24-2)15(13-14)20-19(25)22-11-9-21(10-12-22)16-5-3-4-6-17(16)23/h3-8,13,23H,9-12H2,1-2H3,(H,20,25). The molecule has 2 aromatic rings. The molecule has 0 bridgehead atoms. The molecule has 0 aromatic heterocycles. The highest BCUT2D eigenvalue weighted by molar-refractivity contribution is 7.80.